The summed E-state index contributed by atoms with van der Waals surface area (Å²) in [7, 11) is 0. The van der Waals surface area contributed by atoms with Crippen LogP contribution in [0.25, 0.3) is 0 Å². The highest BCUT2D eigenvalue weighted by atomic mass is 15.3. The Kier molecular flexibility index (Phi) is 1.42. The number of hydrogen-bond donors (Lipinski definition) is 1. The third-order valence-corrected chi connectivity index (χ3v) is 2.35. The predicted molar refractivity (Wildman–Crippen MR) is 45.9 cm³/mol. The average molecular weight is 153 g/mol. The Labute approximate surface area is 67.5 Å². The number of aliphatic imine (C=N–C) groups is 1. The minimum atomic E-state index is 0.148. The predicted octanol–water partition coefficient (Wildman–Crippen LogP) is 0.0807. The van der Waals surface area contributed by atoms with Gasteiger partial charge in [-0.25, -0.2) is 0 Å². The fraction of sp³-hybridized carbons (Fsp3) is 0.875. The average Bonchev–Trinajstić information content (AvgIpc) is 2.05. The van der Waals surface area contributed by atoms with E-state index in [1.54, 1.807) is 0 Å². The molecule has 0 aromatic heterocycles. The van der Waals surface area contributed by atoms with Crippen molar-refractivity contribution in [3.8, 4) is 0 Å². The number of hydrogen-bond acceptors (Lipinski definition) is 3. The molecule has 2 heterocycles. The lowest BCUT2D eigenvalue weighted by Crippen LogP contribution is -2.57. The van der Waals surface area contributed by atoms with Gasteiger partial charge in [0.15, 0.2) is 0 Å². The van der Waals surface area contributed by atoms with Crippen molar-refractivity contribution < 1.29 is 0 Å². The molecule has 0 aromatic carbocycles. The second-order valence-electron chi connectivity index (χ2n) is 4.04. The third-order valence-electron chi connectivity index (χ3n) is 2.35. The minimum Gasteiger partial charge on any atom is -0.355 e. The fourth-order valence-corrected chi connectivity index (χ4v) is 1.49. The molecule has 0 aromatic rings. The van der Waals surface area contributed by atoms with E-state index in [9.17, 15) is 0 Å². The molecular formula is C8H15N3. The van der Waals surface area contributed by atoms with Crippen molar-refractivity contribution in [2.75, 3.05) is 19.6 Å². The standard InChI is InChI=1S/C8H15N3/c1-8(2)5-11(6-10-8)7-3-9-4-7/h6-7,9H,3-5H2,1-2H3. The highest BCUT2D eigenvalue weighted by Crippen LogP contribution is 2.19. The molecular weight excluding hydrogens is 138 g/mol. The molecule has 0 unspecified atom stereocenters. The van der Waals surface area contributed by atoms with Crippen LogP contribution in [-0.2, 0) is 0 Å². The summed E-state index contributed by atoms with van der Waals surface area (Å²) in [4.78, 5) is 6.77. The van der Waals surface area contributed by atoms with Gasteiger partial charge in [-0.3, -0.25) is 4.99 Å². The molecule has 0 amide bonds. The molecule has 2 aliphatic heterocycles. The van der Waals surface area contributed by atoms with Crippen molar-refractivity contribution in [1.82, 2.24) is 10.2 Å². The van der Waals surface area contributed by atoms with E-state index in [2.05, 4.69) is 29.1 Å². The van der Waals surface area contributed by atoms with Crippen LogP contribution in [-0.4, -0.2) is 42.5 Å². The number of nitrogens with zero attached hydrogens (tertiary/aromatic N) is 2. The number of nitrogens with one attached hydrogen (secondary N) is 1. The monoisotopic (exact) mass is 153 g/mol. The Bertz CT molecular complexity index is 182. The van der Waals surface area contributed by atoms with Crippen molar-refractivity contribution >= 4 is 6.34 Å². The first-order valence-electron chi connectivity index (χ1n) is 4.19. The smallest absolute Gasteiger partial charge is 0.0861 e. The SMILES string of the molecule is CC1(C)CN(C2CNC2)C=N1. The minimum absolute atomic E-state index is 0.148. The molecule has 11 heavy (non-hydrogen) atoms. The van der Waals surface area contributed by atoms with E-state index in [1.165, 1.54) is 0 Å². The van der Waals surface area contributed by atoms with E-state index >= 15 is 0 Å². The quantitative estimate of drug-likeness (QED) is 0.578. The maximum Gasteiger partial charge on any atom is 0.0861 e. The highest BCUT2D eigenvalue weighted by Gasteiger charge is 2.31. The largest absolute Gasteiger partial charge is 0.355 e. The molecule has 1 saturated heterocycles. The molecule has 0 bridgehead atoms. The normalized spacial score (nSPS) is 29.1. The molecule has 2 aliphatic rings. The van der Waals surface area contributed by atoms with Gasteiger partial charge < -0.3 is 10.2 Å². The van der Waals surface area contributed by atoms with Crippen LogP contribution < -0.4 is 5.32 Å². The van der Waals surface area contributed by atoms with Gasteiger partial charge in [-0.05, 0) is 13.8 Å². The maximum atomic E-state index is 4.43. The topological polar surface area (TPSA) is 27.6 Å². The molecule has 2 rings (SSSR count). The second kappa shape index (κ2) is 2.21. The van der Waals surface area contributed by atoms with Gasteiger partial charge in [0.05, 0.1) is 17.9 Å². The van der Waals surface area contributed by atoms with Gasteiger partial charge in [0.25, 0.3) is 0 Å². The van der Waals surface area contributed by atoms with Crippen LogP contribution in [0.5, 0.6) is 0 Å². The molecule has 3 heteroatoms. The van der Waals surface area contributed by atoms with Crippen LogP contribution in [0.15, 0.2) is 4.99 Å². The van der Waals surface area contributed by atoms with E-state index in [4.69, 9.17) is 0 Å². The Morgan fingerprint density at radius 3 is 2.64 bits per heavy atom. The fourth-order valence-electron chi connectivity index (χ4n) is 1.49. The summed E-state index contributed by atoms with van der Waals surface area (Å²) < 4.78 is 0. The Morgan fingerprint density at radius 1 is 1.55 bits per heavy atom. The van der Waals surface area contributed by atoms with Gasteiger partial charge in [0, 0.05) is 19.6 Å². The van der Waals surface area contributed by atoms with Crippen LogP contribution in [0, 0.1) is 0 Å². The Morgan fingerprint density at radius 2 is 2.27 bits per heavy atom. The van der Waals surface area contributed by atoms with Crippen LogP contribution in [0.4, 0.5) is 0 Å². The first kappa shape index (κ1) is 7.10. The van der Waals surface area contributed by atoms with Gasteiger partial charge >= 0.3 is 0 Å². The Balaban J connectivity index is 1.95. The highest BCUT2D eigenvalue weighted by molar-refractivity contribution is 5.59. The van der Waals surface area contributed by atoms with E-state index in [-0.39, 0.29) is 5.54 Å². The summed E-state index contributed by atoms with van der Waals surface area (Å²) in [5.74, 6) is 0. The third kappa shape index (κ3) is 1.25. The first-order chi connectivity index (χ1) is 5.17. The second-order valence-corrected chi connectivity index (χ2v) is 4.04. The molecule has 1 fully saturated rings. The van der Waals surface area contributed by atoms with Crippen molar-refractivity contribution in [1.29, 1.82) is 0 Å². The Hall–Kier alpha value is -0.570. The molecule has 1 N–H and O–H groups in total. The van der Waals surface area contributed by atoms with Gasteiger partial charge in [-0.15, -0.1) is 0 Å². The molecule has 0 atom stereocenters. The van der Waals surface area contributed by atoms with Crippen LogP contribution in [0.3, 0.4) is 0 Å². The molecule has 0 aliphatic carbocycles. The van der Waals surface area contributed by atoms with Gasteiger partial charge in [-0.2, -0.15) is 0 Å². The molecule has 0 radical (unpaired) electrons. The summed E-state index contributed by atoms with van der Waals surface area (Å²) in [6.07, 6.45) is 2.01. The molecule has 3 nitrogen and oxygen atoms in total. The number of rotatable bonds is 1. The van der Waals surface area contributed by atoms with Crippen LogP contribution in [0.2, 0.25) is 0 Å². The summed E-state index contributed by atoms with van der Waals surface area (Å²) in [6.45, 7) is 7.69. The zero-order valence-corrected chi connectivity index (χ0v) is 7.17. The molecule has 62 valence electrons. The van der Waals surface area contributed by atoms with Gasteiger partial charge in [0.1, 0.15) is 0 Å². The lowest BCUT2D eigenvalue weighted by atomic mass is 10.1. The van der Waals surface area contributed by atoms with Gasteiger partial charge in [-0.1, -0.05) is 0 Å². The van der Waals surface area contributed by atoms with Crippen molar-refractivity contribution in [2.24, 2.45) is 4.99 Å². The van der Waals surface area contributed by atoms with Crippen LogP contribution in [0.1, 0.15) is 13.8 Å². The van der Waals surface area contributed by atoms with E-state index < -0.39 is 0 Å². The zero-order chi connectivity index (χ0) is 7.90. The summed E-state index contributed by atoms with van der Waals surface area (Å²) in [6, 6.07) is 0.709. The lowest BCUT2D eigenvalue weighted by molar-refractivity contribution is 0.228. The summed E-state index contributed by atoms with van der Waals surface area (Å²) in [5.41, 5.74) is 0.148. The van der Waals surface area contributed by atoms with Crippen molar-refractivity contribution in [3.63, 3.8) is 0 Å². The summed E-state index contributed by atoms with van der Waals surface area (Å²) >= 11 is 0. The lowest BCUT2D eigenvalue weighted by Gasteiger charge is -2.36. The van der Waals surface area contributed by atoms with E-state index in [0.717, 1.165) is 19.6 Å². The zero-order valence-electron chi connectivity index (χ0n) is 7.17. The molecule has 0 saturated carbocycles. The maximum absolute atomic E-state index is 4.43. The van der Waals surface area contributed by atoms with Crippen molar-refractivity contribution in [3.05, 3.63) is 0 Å². The summed E-state index contributed by atoms with van der Waals surface area (Å²) in [5, 5.41) is 3.26. The van der Waals surface area contributed by atoms with E-state index in [1.807, 2.05) is 6.34 Å². The molecule has 0 spiro atoms. The van der Waals surface area contributed by atoms with Gasteiger partial charge in [0.2, 0.25) is 0 Å². The van der Waals surface area contributed by atoms with Crippen molar-refractivity contribution in [2.45, 2.75) is 25.4 Å². The van der Waals surface area contributed by atoms with Crippen LogP contribution >= 0.6 is 0 Å². The van der Waals surface area contributed by atoms with E-state index in [0.29, 0.717) is 6.04 Å². The first-order valence-corrected chi connectivity index (χ1v) is 4.19.